The van der Waals surface area contributed by atoms with Gasteiger partial charge in [-0.25, -0.2) is 4.39 Å². The number of hydrogen-bond acceptors (Lipinski definition) is 5. The maximum Gasteiger partial charge on any atom is 0.267 e. The molecule has 2 amide bonds. The average Bonchev–Trinajstić information content (AvgIpc) is 2.80. The number of para-hydroxylation sites is 2. The van der Waals surface area contributed by atoms with Gasteiger partial charge in [-0.15, -0.1) is 0 Å². The van der Waals surface area contributed by atoms with Gasteiger partial charge >= 0.3 is 0 Å². The number of amides is 2. The molecule has 0 radical (unpaired) electrons. The second-order valence-corrected chi connectivity index (χ2v) is 7.85. The van der Waals surface area contributed by atoms with Gasteiger partial charge in [0.05, 0.1) is 6.04 Å². The number of rotatable bonds is 4. The molecule has 0 saturated carbocycles. The standard InChI is InChI=1S/C23H26FN3O4/c1-15-7-8-17(13-18(15)24)25-22(28)16(2)26-9-11-27(12-10-26)23(29)21-14-30-19-5-3-4-6-20(19)31-21/h3-8,13,16,21H,9-12,14H2,1-2H3,(H,25,28). The number of anilines is 1. The monoisotopic (exact) mass is 427 g/mol. The normalized spacial score (nSPS) is 19.6. The summed E-state index contributed by atoms with van der Waals surface area (Å²) in [7, 11) is 0. The van der Waals surface area contributed by atoms with E-state index in [1.165, 1.54) is 6.07 Å². The van der Waals surface area contributed by atoms with Gasteiger partial charge < -0.3 is 19.7 Å². The minimum absolute atomic E-state index is 0.110. The molecule has 2 aromatic carbocycles. The van der Waals surface area contributed by atoms with Crippen LogP contribution >= 0.6 is 0 Å². The Bertz CT molecular complexity index is 975. The molecule has 2 aliphatic rings. The van der Waals surface area contributed by atoms with E-state index in [2.05, 4.69) is 5.32 Å². The van der Waals surface area contributed by atoms with E-state index in [4.69, 9.17) is 9.47 Å². The zero-order valence-corrected chi connectivity index (χ0v) is 17.6. The van der Waals surface area contributed by atoms with Gasteiger partial charge in [-0.1, -0.05) is 18.2 Å². The molecule has 2 aliphatic heterocycles. The van der Waals surface area contributed by atoms with E-state index in [1.54, 1.807) is 30.0 Å². The van der Waals surface area contributed by atoms with Crippen LogP contribution in [0.1, 0.15) is 12.5 Å². The van der Waals surface area contributed by atoms with E-state index in [1.807, 2.05) is 30.0 Å². The largest absolute Gasteiger partial charge is 0.485 e. The number of carbonyl (C=O) groups excluding carboxylic acids is 2. The van der Waals surface area contributed by atoms with Crippen molar-refractivity contribution in [3.05, 3.63) is 53.8 Å². The molecule has 0 spiro atoms. The van der Waals surface area contributed by atoms with Crippen LogP contribution in [0.4, 0.5) is 10.1 Å². The van der Waals surface area contributed by atoms with Crippen molar-refractivity contribution in [2.75, 3.05) is 38.1 Å². The molecule has 2 heterocycles. The van der Waals surface area contributed by atoms with Crippen molar-refractivity contribution < 1.29 is 23.5 Å². The number of hydrogen-bond donors (Lipinski definition) is 1. The van der Waals surface area contributed by atoms with Crippen molar-refractivity contribution in [3.8, 4) is 11.5 Å². The van der Waals surface area contributed by atoms with Crippen LogP contribution in [0.25, 0.3) is 0 Å². The molecule has 7 nitrogen and oxygen atoms in total. The second-order valence-electron chi connectivity index (χ2n) is 7.85. The fourth-order valence-electron chi connectivity index (χ4n) is 3.76. The van der Waals surface area contributed by atoms with Gasteiger partial charge in [-0.05, 0) is 43.7 Å². The third kappa shape index (κ3) is 4.64. The number of nitrogens with zero attached hydrogens (tertiary/aromatic N) is 2. The highest BCUT2D eigenvalue weighted by atomic mass is 19.1. The minimum atomic E-state index is -0.668. The molecule has 0 aromatic heterocycles. The second kappa shape index (κ2) is 8.93. The van der Waals surface area contributed by atoms with Crippen molar-refractivity contribution in [1.82, 2.24) is 9.80 Å². The Hall–Kier alpha value is -3.13. The quantitative estimate of drug-likeness (QED) is 0.812. The van der Waals surface area contributed by atoms with E-state index >= 15 is 0 Å². The maximum atomic E-state index is 13.7. The van der Waals surface area contributed by atoms with Crippen molar-refractivity contribution >= 4 is 17.5 Å². The van der Waals surface area contributed by atoms with E-state index in [0.717, 1.165) is 0 Å². The Labute approximate surface area is 180 Å². The summed E-state index contributed by atoms with van der Waals surface area (Å²) in [4.78, 5) is 29.2. The maximum absolute atomic E-state index is 13.7. The van der Waals surface area contributed by atoms with Crippen LogP contribution in [0.5, 0.6) is 11.5 Å². The molecule has 1 fully saturated rings. The number of halogens is 1. The molecule has 1 N–H and O–H groups in total. The molecule has 8 heteroatoms. The first-order valence-electron chi connectivity index (χ1n) is 10.4. The van der Waals surface area contributed by atoms with Crippen LogP contribution in [-0.2, 0) is 9.59 Å². The molecule has 0 bridgehead atoms. The third-order valence-corrected chi connectivity index (χ3v) is 5.78. The summed E-state index contributed by atoms with van der Waals surface area (Å²) in [5.41, 5.74) is 0.964. The molecule has 0 aliphatic carbocycles. The zero-order chi connectivity index (χ0) is 22.0. The fraction of sp³-hybridized carbons (Fsp3) is 0.391. The Morgan fingerprint density at radius 1 is 1.10 bits per heavy atom. The number of piperazine rings is 1. The average molecular weight is 427 g/mol. The number of carbonyl (C=O) groups is 2. The lowest BCUT2D eigenvalue weighted by molar-refractivity contribution is -0.143. The van der Waals surface area contributed by atoms with Gasteiger partial charge in [0.15, 0.2) is 11.5 Å². The molecule has 2 unspecified atom stereocenters. The number of ether oxygens (including phenoxy) is 2. The SMILES string of the molecule is Cc1ccc(NC(=O)C(C)N2CCN(C(=O)C3COc4ccccc4O3)CC2)cc1F. The zero-order valence-electron chi connectivity index (χ0n) is 17.6. The number of aryl methyl sites for hydroxylation is 1. The summed E-state index contributed by atoms with van der Waals surface area (Å²) in [5.74, 6) is 0.549. The first-order chi connectivity index (χ1) is 14.9. The Kier molecular flexibility index (Phi) is 6.08. The lowest BCUT2D eigenvalue weighted by Gasteiger charge is -2.39. The van der Waals surface area contributed by atoms with Crippen LogP contribution in [0, 0.1) is 12.7 Å². The summed E-state index contributed by atoms with van der Waals surface area (Å²) >= 11 is 0. The number of nitrogens with one attached hydrogen (secondary N) is 1. The molecule has 2 aromatic rings. The van der Waals surface area contributed by atoms with Crippen molar-refractivity contribution in [2.24, 2.45) is 0 Å². The van der Waals surface area contributed by atoms with Crippen LogP contribution in [0.15, 0.2) is 42.5 Å². The number of fused-ring (bicyclic) bond motifs is 1. The van der Waals surface area contributed by atoms with Crippen molar-refractivity contribution in [3.63, 3.8) is 0 Å². The predicted octanol–water partition coefficient (Wildman–Crippen LogP) is 2.45. The highest BCUT2D eigenvalue weighted by molar-refractivity contribution is 5.94. The minimum Gasteiger partial charge on any atom is -0.485 e. The van der Waals surface area contributed by atoms with Gasteiger partial charge in [0.25, 0.3) is 5.91 Å². The van der Waals surface area contributed by atoms with Crippen LogP contribution in [0.3, 0.4) is 0 Å². The van der Waals surface area contributed by atoms with Gasteiger partial charge in [0.2, 0.25) is 12.0 Å². The molecular formula is C23H26FN3O4. The van der Waals surface area contributed by atoms with E-state index < -0.39 is 12.1 Å². The van der Waals surface area contributed by atoms with Crippen LogP contribution < -0.4 is 14.8 Å². The topological polar surface area (TPSA) is 71.1 Å². The van der Waals surface area contributed by atoms with E-state index in [-0.39, 0.29) is 24.2 Å². The predicted molar refractivity (Wildman–Crippen MR) is 114 cm³/mol. The van der Waals surface area contributed by atoms with Gasteiger partial charge in [-0.3, -0.25) is 14.5 Å². The molecule has 164 valence electrons. The Balaban J connectivity index is 1.29. The van der Waals surface area contributed by atoms with E-state index in [9.17, 15) is 14.0 Å². The van der Waals surface area contributed by atoms with Gasteiger partial charge in [-0.2, -0.15) is 0 Å². The smallest absolute Gasteiger partial charge is 0.267 e. The van der Waals surface area contributed by atoms with Gasteiger partial charge in [0.1, 0.15) is 12.4 Å². The Morgan fingerprint density at radius 3 is 2.52 bits per heavy atom. The summed E-state index contributed by atoms with van der Waals surface area (Å²) < 4.78 is 25.2. The lowest BCUT2D eigenvalue weighted by Crippen LogP contribution is -2.57. The summed E-state index contributed by atoms with van der Waals surface area (Å²) in [6.07, 6.45) is -0.668. The Morgan fingerprint density at radius 2 is 1.81 bits per heavy atom. The first kappa shape index (κ1) is 21.1. The molecule has 4 rings (SSSR count). The van der Waals surface area contributed by atoms with Crippen LogP contribution in [0.2, 0.25) is 0 Å². The highest BCUT2D eigenvalue weighted by Crippen LogP contribution is 2.31. The molecule has 2 atom stereocenters. The third-order valence-electron chi connectivity index (χ3n) is 5.78. The number of benzene rings is 2. The lowest BCUT2D eigenvalue weighted by atomic mass is 10.1. The first-order valence-corrected chi connectivity index (χ1v) is 10.4. The highest BCUT2D eigenvalue weighted by Gasteiger charge is 2.34. The van der Waals surface area contributed by atoms with Crippen molar-refractivity contribution in [2.45, 2.75) is 26.0 Å². The summed E-state index contributed by atoms with van der Waals surface area (Å²) in [6.45, 7) is 5.79. The van der Waals surface area contributed by atoms with E-state index in [0.29, 0.717) is 48.9 Å². The molecule has 31 heavy (non-hydrogen) atoms. The molecular weight excluding hydrogens is 401 g/mol. The molecule has 1 saturated heterocycles. The van der Waals surface area contributed by atoms with Crippen LogP contribution in [-0.4, -0.2) is 66.5 Å². The van der Waals surface area contributed by atoms with Crippen molar-refractivity contribution in [1.29, 1.82) is 0 Å². The summed E-state index contributed by atoms with van der Waals surface area (Å²) in [6, 6.07) is 11.5. The van der Waals surface area contributed by atoms with Gasteiger partial charge in [0, 0.05) is 31.9 Å². The summed E-state index contributed by atoms with van der Waals surface area (Å²) in [5, 5.41) is 2.76. The fourth-order valence-corrected chi connectivity index (χ4v) is 3.76.